The van der Waals surface area contributed by atoms with Gasteiger partial charge in [0, 0.05) is 23.7 Å². The summed E-state index contributed by atoms with van der Waals surface area (Å²) in [6.45, 7) is 7.73. The molecule has 0 fully saturated rings. The van der Waals surface area contributed by atoms with E-state index in [9.17, 15) is 9.59 Å². The van der Waals surface area contributed by atoms with Crippen LogP contribution < -0.4 is 10.6 Å². The zero-order valence-electron chi connectivity index (χ0n) is 17.1. The van der Waals surface area contributed by atoms with Crippen molar-refractivity contribution in [3.8, 4) is 0 Å². The molecule has 1 aromatic heterocycles. The van der Waals surface area contributed by atoms with Crippen molar-refractivity contribution in [2.24, 2.45) is 0 Å². The lowest BCUT2D eigenvalue weighted by Crippen LogP contribution is -2.14. The number of thioether (sulfide) groups is 1. The van der Waals surface area contributed by atoms with Gasteiger partial charge >= 0.3 is 0 Å². The number of pyridine rings is 1. The second-order valence-electron chi connectivity index (χ2n) is 6.98. The van der Waals surface area contributed by atoms with Crippen molar-refractivity contribution in [1.82, 2.24) is 4.98 Å². The zero-order valence-corrected chi connectivity index (χ0v) is 17.9. The predicted octanol–water partition coefficient (Wildman–Crippen LogP) is 5.10. The smallest absolute Gasteiger partial charge is 0.234 e. The van der Waals surface area contributed by atoms with Crippen LogP contribution in [0.15, 0.2) is 47.5 Å². The Morgan fingerprint density at radius 1 is 1.00 bits per heavy atom. The normalized spacial score (nSPS) is 10.8. The molecular weight excluding hydrogens is 382 g/mol. The molecule has 2 aromatic carbocycles. The second kappa shape index (κ2) is 9.09. The molecule has 0 atom stereocenters. The summed E-state index contributed by atoms with van der Waals surface area (Å²) in [6, 6.07) is 13.5. The lowest BCUT2D eigenvalue weighted by Gasteiger charge is -2.12. The lowest BCUT2D eigenvalue weighted by atomic mass is 10.0. The maximum atomic E-state index is 12.4. The van der Waals surface area contributed by atoms with Crippen molar-refractivity contribution < 1.29 is 9.59 Å². The number of hydrogen-bond acceptors (Lipinski definition) is 4. The van der Waals surface area contributed by atoms with Gasteiger partial charge in [0.15, 0.2) is 0 Å². The Kier molecular flexibility index (Phi) is 6.54. The zero-order chi connectivity index (χ0) is 21.0. The molecule has 0 unspecified atom stereocenters. The number of anilines is 2. The van der Waals surface area contributed by atoms with E-state index in [1.54, 1.807) is 24.3 Å². The number of carbonyl (C=O) groups excluding carboxylic acids is 2. The summed E-state index contributed by atoms with van der Waals surface area (Å²) >= 11 is 1.46. The van der Waals surface area contributed by atoms with Gasteiger partial charge < -0.3 is 10.6 Å². The number of carbonyl (C=O) groups is 2. The minimum atomic E-state index is -0.127. The van der Waals surface area contributed by atoms with Crippen LogP contribution in [0.25, 0.3) is 10.9 Å². The molecule has 2 N–H and O–H groups in total. The molecule has 2 amide bonds. The fraction of sp³-hybridized carbons (Fsp3) is 0.261. The molecule has 0 aliphatic heterocycles. The average Bonchev–Trinajstić information content (AvgIpc) is 2.70. The molecule has 0 aliphatic rings. The first-order chi connectivity index (χ1) is 13.9. The Bertz CT molecular complexity index is 1060. The monoisotopic (exact) mass is 407 g/mol. The standard InChI is InChI=1S/C23H25N3O2S/c1-5-17-12-18-7-6-14(2)15(3)22(18)26-23(17)29-13-21(28)25-20-10-8-19(9-11-20)24-16(4)27/h6-12H,5,13H2,1-4H3,(H,24,27)(H,25,28). The highest BCUT2D eigenvalue weighted by Gasteiger charge is 2.12. The summed E-state index contributed by atoms with van der Waals surface area (Å²) < 4.78 is 0. The highest BCUT2D eigenvalue weighted by Crippen LogP contribution is 2.28. The van der Waals surface area contributed by atoms with Crippen LogP contribution in [0.4, 0.5) is 11.4 Å². The summed E-state index contributed by atoms with van der Waals surface area (Å²) in [4.78, 5) is 28.4. The summed E-state index contributed by atoms with van der Waals surface area (Å²) in [7, 11) is 0. The van der Waals surface area contributed by atoms with Crippen molar-refractivity contribution in [2.45, 2.75) is 39.1 Å². The third kappa shape index (κ3) is 5.15. The molecule has 5 nitrogen and oxygen atoms in total. The van der Waals surface area contributed by atoms with Gasteiger partial charge in [-0.3, -0.25) is 9.59 Å². The Hall–Kier alpha value is -2.86. The van der Waals surface area contributed by atoms with Crippen LogP contribution in [0.2, 0.25) is 0 Å². The van der Waals surface area contributed by atoms with Crippen LogP contribution >= 0.6 is 11.8 Å². The maximum Gasteiger partial charge on any atom is 0.234 e. The van der Waals surface area contributed by atoms with E-state index >= 15 is 0 Å². The number of amides is 2. The Morgan fingerprint density at radius 2 is 1.66 bits per heavy atom. The molecule has 6 heteroatoms. The number of benzene rings is 2. The quantitative estimate of drug-likeness (QED) is 0.558. The Morgan fingerprint density at radius 3 is 2.28 bits per heavy atom. The summed E-state index contributed by atoms with van der Waals surface area (Å²) in [6.07, 6.45) is 0.866. The number of fused-ring (bicyclic) bond motifs is 1. The van der Waals surface area contributed by atoms with E-state index in [4.69, 9.17) is 4.98 Å². The van der Waals surface area contributed by atoms with Crippen LogP contribution in [0.1, 0.15) is 30.5 Å². The number of rotatable bonds is 6. The van der Waals surface area contributed by atoms with Gasteiger partial charge in [0.25, 0.3) is 0 Å². The minimum absolute atomic E-state index is 0.0906. The fourth-order valence-corrected chi connectivity index (χ4v) is 3.94. The molecule has 0 aliphatic carbocycles. The number of nitrogens with zero attached hydrogens (tertiary/aromatic N) is 1. The first kappa shape index (κ1) is 20.9. The molecular formula is C23H25N3O2S. The van der Waals surface area contributed by atoms with E-state index in [1.807, 2.05) is 0 Å². The summed E-state index contributed by atoms with van der Waals surface area (Å²) in [5, 5.41) is 7.64. The molecule has 0 spiro atoms. The molecule has 0 saturated heterocycles. The van der Waals surface area contributed by atoms with E-state index in [0.717, 1.165) is 27.9 Å². The maximum absolute atomic E-state index is 12.4. The molecule has 0 saturated carbocycles. The van der Waals surface area contributed by atoms with Crippen LogP contribution in [0.3, 0.4) is 0 Å². The summed E-state index contributed by atoms with van der Waals surface area (Å²) in [5.74, 6) is 0.0644. The van der Waals surface area contributed by atoms with Gasteiger partial charge in [0.05, 0.1) is 11.3 Å². The van der Waals surface area contributed by atoms with Gasteiger partial charge in [0.2, 0.25) is 11.8 Å². The Balaban J connectivity index is 1.70. The first-order valence-electron chi connectivity index (χ1n) is 9.57. The number of aryl methyl sites for hydroxylation is 3. The molecule has 29 heavy (non-hydrogen) atoms. The number of aromatic nitrogens is 1. The number of hydrogen-bond donors (Lipinski definition) is 2. The molecule has 1 heterocycles. The average molecular weight is 408 g/mol. The van der Waals surface area contributed by atoms with Crippen molar-refractivity contribution in [3.05, 3.63) is 59.2 Å². The topological polar surface area (TPSA) is 71.1 Å². The van der Waals surface area contributed by atoms with E-state index in [1.165, 1.54) is 29.8 Å². The second-order valence-corrected chi connectivity index (χ2v) is 7.94. The highest BCUT2D eigenvalue weighted by atomic mass is 32.2. The van der Waals surface area contributed by atoms with Crippen molar-refractivity contribution in [3.63, 3.8) is 0 Å². The SMILES string of the molecule is CCc1cc2ccc(C)c(C)c2nc1SCC(=O)Nc1ccc(NC(C)=O)cc1. The van der Waals surface area contributed by atoms with E-state index < -0.39 is 0 Å². The van der Waals surface area contributed by atoms with Gasteiger partial charge in [0.1, 0.15) is 5.03 Å². The fourth-order valence-electron chi connectivity index (χ4n) is 3.06. The van der Waals surface area contributed by atoms with Gasteiger partial charge in [-0.25, -0.2) is 4.98 Å². The van der Waals surface area contributed by atoms with Crippen LogP contribution in [0, 0.1) is 13.8 Å². The number of nitrogens with one attached hydrogen (secondary N) is 2. The lowest BCUT2D eigenvalue weighted by molar-refractivity contribution is -0.114. The molecule has 0 radical (unpaired) electrons. The highest BCUT2D eigenvalue weighted by molar-refractivity contribution is 8.00. The molecule has 3 aromatic rings. The van der Waals surface area contributed by atoms with Gasteiger partial charge in [-0.2, -0.15) is 0 Å². The third-order valence-electron chi connectivity index (χ3n) is 4.76. The van der Waals surface area contributed by atoms with Crippen LogP contribution in [-0.2, 0) is 16.0 Å². The van der Waals surface area contributed by atoms with Crippen molar-refractivity contribution in [1.29, 1.82) is 0 Å². The third-order valence-corrected chi connectivity index (χ3v) is 5.79. The van der Waals surface area contributed by atoms with E-state index in [2.05, 4.69) is 49.6 Å². The van der Waals surface area contributed by atoms with Crippen LogP contribution in [-0.4, -0.2) is 22.6 Å². The van der Waals surface area contributed by atoms with Gasteiger partial charge in [-0.15, -0.1) is 0 Å². The first-order valence-corrected chi connectivity index (χ1v) is 10.6. The van der Waals surface area contributed by atoms with Crippen LogP contribution in [0.5, 0.6) is 0 Å². The van der Waals surface area contributed by atoms with Gasteiger partial charge in [-0.1, -0.05) is 30.8 Å². The van der Waals surface area contributed by atoms with Crippen molar-refractivity contribution in [2.75, 3.05) is 16.4 Å². The summed E-state index contributed by atoms with van der Waals surface area (Å²) in [5.41, 5.74) is 5.93. The Labute approximate surface area is 175 Å². The predicted molar refractivity (Wildman–Crippen MR) is 121 cm³/mol. The minimum Gasteiger partial charge on any atom is -0.326 e. The molecule has 0 bridgehead atoms. The molecule has 150 valence electrons. The van der Waals surface area contributed by atoms with Gasteiger partial charge in [-0.05, 0) is 67.3 Å². The largest absolute Gasteiger partial charge is 0.326 e. The van der Waals surface area contributed by atoms with Crippen molar-refractivity contribution >= 4 is 45.9 Å². The van der Waals surface area contributed by atoms with E-state index in [0.29, 0.717) is 11.4 Å². The molecule has 3 rings (SSSR count). The van der Waals surface area contributed by atoms with E-state index in [-0.39, 0.29) is 17.6 Å².